The van der Waals surface area contributed by atoms with Gasteiger partial charge in [0.2, 0.25) is 5.91 Å². The van der Waals surface area contributed by atoms with E-state index in [0.717, 1.165) is 0 Å². The SMILES string of the molecule is CC(C)(C)OC(=O)CC(CC(=O)OC(C)(C)C)C(=O)NCCNC(=O)[C@@H](O)[C@H](O)[C@H](O)[C@@H](O)C(=O)NCCCC(=O)C(CC(=O)OC(C)(C)C)NC(=O)OC(C)(C)C. The molecule has 20 nitrogen and oxygen atoms in total. The van der Waals surface area contributed by atoms with Gasteiger partial charge in [-0.2, -0.15) is 0 Å². The molecule has 0 heterocycles. The average molecular weight is 835 g/mol. The molecule has 0 saturated carbocycles. The van der Waals surface area contributed by atoms with Gasteiger partial charge in [0.15, 0.2) is 18.0 Å². The van der Waals surface area contributed by atoms with Crippen molar-refractivity contribution in [3.8, 4) is 0 Å². The van der Waals surface area contributed by atoms with Crippen LogP contribution in [0.15, 0.2) is 0 Å². The molecule has 0 aliphatic rings. The van der Waals surface area contributed by atoms with E-state index in [1.165, 1.54) is 0 Å². The van der Waals surface area contributed by atoms with Gasteiger partial charge in [-0.1, -0.05) is 0 Å². The smallest absolute Gasteiger partial charge is 0.408 e. The van der Waals surface area contributed by atoms with Crippen LogP contribution in [0.25, 0.3) is 0 Å². The Kier molecular flexibility index (Phi) is 21.5. The number of nitrogens with one attached hydrogen (secondary N) is 4. The number of ether oxygens (including phenoxy) is 4. The largest absolute Gasteiger partial charge is 0.460 e. The Morgan fingerprint density at radius 3 is 1.21 bits per heavy atom. The Balaban J connectivity index is 5.14. The van der Waals surface area contributed by atoms with E-state index in [4.69, 9.17) is 18.9 Å². The van der Waals surface area contributed by atoms with E-state index in [-0.39, 0.29) is 32.5 Å². The lowest BCUT2D eigenvalue weighted by molar-refractivity contribution is -0.161. The molecular formula is C38H66N4O16. The fourth-order valence-electron chi connectivity index (χ4n) is 4.73. The summed E-state index contributed by atoms with van der Waals surface area (Å²) in [5.41, 5.74) is -3.45. The fraction of sp³-hybridized carbons (Fsp3) is 0.789. The Hall–Kier alpha value is -4.40. The second-order valence-electron chi connectivity index (χ2n) is 17.6. The molecule has 58 heavy (non-hydrogen) atoms. The molecule has 5 atom stereocenters. The van der Waals surface area contributed by atoms with Crippen molar-refractivity contribution in [2.24, 2.45) is 5.92 Å². The summed E-state index contributed by atoms with van der Waals surface area (Å²) in [5.74, 6) is -7.21. The average Bonchev–Trinajstić information content (AvgIpc) is 3.02. The van der Waals surface area contributed by atoms with Crippen molar-refractivity contribution in [3.63, 3.8) is 0 Å². The number of aliphatic hydroxyl groups excluding tert-OH is 4. The molecular weight excluding hydrogens is 768 g/mol. The van der Waals surface area contributed by atoms with Crippen LogP contribution >= 0.6 is 0 Å². The third-order valence-corrected chi connectivity index (χ3v) is 7.06. The van der Waals surface area contributed by atoms with Crippen LogP contribution in [0.2, 0.25) is 0 Å². The van der Waals surface area contributed by atoms with Gasteiger partial charge in [-0.15, -0.1) is 0 Å². The topological polar surface area (TPSA) is 303 Å². The van der Waals surface area contributed by atoms with Gasteiger partial charge >= 0.3 is 24.0 Å². The van der Waals surface area contributed by atoms with Gasteiger partial charge in [0.25, 0.3) is 11.8 Å². The number of ketones is 1. The molecule has 0 aromatic carbocycles. The maximum absolute atomic E-state index is 12.9. The minimum Gasteiger partial charge on any atom is -0.460 e. The van der Waals surface area contributed by atoms with Crippen LogP contribution < -0.4 is 21.3 Å². The molecule has 8 N–H and O–H groups in total. The maximum atomic E-state index is 12.9. The van der Waals surface area contributed by atoms with E-state index in [1.54, 1.807) is 83.1 Å². The molecule has 0 aromatic heterocycles. The Morgan fingerprint density at radius 1 is 0.483 bits per heavy atom. The number of carbonyl (C=O) groups excluding carboxylic acids is 8. The minimum absolute atomic E-state index is 0.0545. The molecule has 4 amide bonds. The number of esters is 3. The second kappa shape index (κ2) is 23.3. The van der Waals surface area contributed by atoms with E-state index in [0.29, 0.717) is 0 Å². The minimum atomic E-state index is -2.36. The highest BCUT2D eigenvalue weighted by Crippen LogP contribution is 2.18. The zero-order valence-electron chi connectivity index (χ0n) is 35.8. The summed E-state index contributed by atoms with van der Waals surface area (Å²) in [4.78, 5) is 100. The lowest BCUT2D eigenvalue weighted by Crippen LogP contribution is -2.55. The van der Waals surface area contributed by atoms with Gasteiger partial charge in [0.05, 0.1) is 25.2 Å². The predicted molar refractivity (Wildman–Crippen MR) is 205 cm³/mol. The van der Waals surface area contributed by atoms with Gasteiger partial charge in [-0.25, -0.2) is 4.79 Å². The van der Waals surface area contributed by atoms with Crippen LogP contribution in [0.4, 0.5) is 4.79 Å². The van der Waals surface area contributed by atoms with E-state index in [1.807, 2.05) is 0 Å². The van der Waals surface area contributed by atoms with Crippen LogP contribution in [0.3, 0.4) is 0 Å². The standard InChI is InChI=1S/C38H66N4O16/c1-35(2,3)55-24(44)18-21(19-25(45)56-36(4,5)6)31(51)40-16-17-41-33(53)30(50)28(48)27(47)29(49)32(52)39-15-13-14-23(43)22(20-26(46)57-37(7,8)9)42-34(54)58-38(10,11)12/h21-22,27-30,47-50H,13-20H2,1-12H3,(H,39,52)(H,40,51)(H,41,53)(H,42,54)/t22?,27-,28+,29+,30-/m0/s1. The first-order valence-corrected chi connectivity index (χ1v) is 18.9. The highest BCUT2D eigenvalue weighted by Gasteiger charge is 2.38. The fourth-order valence-corrected chi connectivity index (χ4v) is 4.73. The number of Topliss-reactive ketones (excluding diaryl/α,β-unsaturated/α-hetero) is 1. The first-order chi connectivity index (χ1) is 26.2. The normalized spacial score (nSPS) is 14.8. The Bertz CT molecular complexity index is 1260. The zero-order chi connectivity index (χ0) is 45.4. The third-order valence-electron chi connectivity index (χ3n) is 7.06. The summed E-state index contributed by atoms with van der Waals surface area (Å²) in [6.45, 7) is 18.7. The molecule has 334 valence electrons. The summed E-state index contributed by atoms with van der Waals surface area (Å²) in [6.07, 6.45) is -12.1. The number of hydrogen-bond donors (Lipinski definition) is 8. The van der Waals surface area contributed by atoms with Gasteiger partial charge in [-0.05, 0) is 89.5 Å². The second-order valence-corrected chi connectivity index (χ2v) is 17.6. The van der Waals surface area contributed by atoms with Gasteiger partial charge < -0.3 is 60.6 Å². The molecule has 1 unspecified atom stereocenters. The van der Waals surface area contributed by atoms with Crippen LogP contribution in [0.5, 0.6) is 0 Å². The first kappa shape index (κ1) is 53.6. The maximum Gasteiger partial charge on any atom is 0.408 e. The van der Waals surface area contributed by atoms with Crippen molar-refractivity contribution in [1.82, 2.24) is 21.3 Å². The number of rotatable bonds is 21. The number of aliphatic hydroxyl groups is 4. The molecule has 0 aliphatic carbocycles. The Morgan fingerprint density at radius 2 is 0.828 bits per heavy atom. The summed E-state index contributed by atoms with van der Waals surface area (Å²) in [7, 11) is 0. The van der Waals surface area contributed by atoms with Crippen LogP contribution in [-0.4, -0.2) is 140 Å². The summed E-state index contributed by atoms with van der Waals surface area (Å²) >= 11 is 0. The number of amides is 4. The lowest BCUT2D eigenvalue weighted by atomic mass is 10.00. The highest BCUT2D eigenvalue weighted by molar-refractivity contribution is 5.91. The molecule has 0 rings (SSSR count). The predicted octanol–water partition coefficient (Wildman–Crippen LogP) is -0.167. The first-order valence-electron chi connectivity index (χ1n) is 18.9. The van der Waals surface area contributed by atoms with Crippen molar-refractivity contribution >= 4 is 47.5 Å². The molecule has 20 heteroatoms. The van der Waals surface area contributed by atoms with Crippen molar-refractivity contribution in [2.75, 3.05) is 19.6 Å². The van der Waals surface area contributed by atoms with Gasteiger partial charge in [0, 0.05) is 26.1 Å². The van der Waals surface area contributed by atoms with Gasteiger partial charge in [0.1, 0.15) is 40.7 Å². The number of alkyl carbamates (subject to hydrolysis) is 1. The van der Waals surface area contributed by atoms with Gasteiger partial charge in [-0.3, -0.25) is 33.6 Å². The summed E-state index contributed by atoms with van der Waals surface area (Å²) in [6, 6.07) is -1.32. The number of hydrogen-bond acceptors (Lipinski definition) is 16. The van der Waals surface area contributed by atoms with Crippen molar-refractivity contribution < 1.29 is 77.7 Å². The van der Waals surface area contributed by atoms with Crippen molar-refractivity contribution in [3.05, 3.63) is 0 Å². The van der Waals surface area contributed by atoms with Crippen molar-refractivity contribution in [1.29, 1.82) is 0 Å². The monoisotopic (exact) mass is 834 g/mol. The molecule has 0 fully saturated rings. The molecule has 0 aliphatic heterocycles. The van der Waals surface area contributed by atoms with E-state index in [2.05, 4.69) is 21.3 Å². The zero-order valence-corrected chi connectivity index (χ0v) is 35.8. The van der Waals surface area contributed by atoms with E-state index < -0.39 is 126 Å². The van der Waals surface area contributed by atoms with Crippen LogP contribution in [0.1, 0.15) is 115 Å². The van der Waals surface area contributed by atoms with E-state index in [9.17, 15) is 58.8 Å². The Labute approximate surface area is 339 Å². The molecule has 0 aromatic rings. The quantitative estimate of drug-likeness (QED) is 0.0423. The third kappa shape index (κ3) is 24.4. The number of carbonyl (C=O) groups is 8. The molecule has 0 bridgehead atoms. The highest BCUT2D eigenvalue weighted by atomic mass is 16.6. The molecule has 0 saturated heterocycles. The van der Waals surface area contributed by atoms with E-state index >= 15 is 0 Å². The van der Waals surface area contributed by atoms with Crippen LogP contribution in [0, 0.1) is 5.92 Å². The van der Waals surface area contributed by atoms with Crippen molar-refractivity contribution in [2.45, 2.75) is 168 Å². The summed E-state index contributed by atoms with van der Waals surface area (Å²) in [5, 5.41) is 50.5. The molecule has 0 radical (unpaired) electrons. The summed E-state index contributed by atoms with van der Waals surface area (Å²) < 4.78 is 20.9. The van der Waals surface area contributed by atoms with Crippen LogP contribution in [-0.2, 0) is 52.5 Å². The lowest BCUT2D eigenvalue weighted by Gasteiger charge is -2.25. The molecule has 0 spiro atoms.